The fourth-order valence-electron chi connectivity index (χ4n) is 1.34. The number of hydrogen-bond donors (Lipinski definition) is 2. The lowest BCUT2D eigenvalue weighted by molar-refractivity contribution is -0.387. The van der Waals surface area contributed by atoms with Gasteiger partial charge in [0, 0.05) is 11.3 Å². The molecule has 0 bridgehead atoms. The second-order valence-corrected chi connectivity index (χ2v) is 5.64. The van der Waals surface area contributed by atoms with Crippen molar-refractivity contribution in [3.63, 3.8) is 0 Å². The molecule has 1 aromatic carbocycles. The monoisotopic (exact) mass is 271 g/mol. The molecule has 0 aliphatic heterocycles. The van der Waals surface area contributed by atoms with Crippen molar-refractivity contribution in [3.05, 3.63) is 33.9 Å². The Bertz CT molecular complexity index is 434. The van der Waals surface area contributed by atoms with Crippen molar-refractivity contribution in [1.82, 2.24) is 0 Å². The molecule has 0 fully saturated rings. The van der Waals surface area contributed by atoms with Crippen molar-refractivity contribution in [3.8, 4) is 0 Å². The van der Waals surface area contributed by atoms with Crippen LogP contribution in [-0.2, 0) is 0 Å². The smallest absolute Gasteiger partial charge is 0.283 e. The van der Waals surface area contributed by atoms with E-state index in [2.05, 4.69) is 0 Å². The predicted molar refractivity (Wildman–Crippen MR) is 70.7 cm³/mol. The van der Waals surface area contributed by atoms with Gasteiger partial charge in [-0.15, -0.1) is 11.8 Å². The molecule has 0 aliphatic carbocycles. The lowest BCUT2D eigenvalue weighted by Crippen LogP contribution is -2.15. The molecule has 0 aromatic heterocycles. The molecule has 6 heteroatoms. The molecule has 0 amide bonds. The zero-order valence-electron chi connectivity index (χ0n) is 10.5. The molecule has 2 N–H and O–H groups in total. The third-order valence-electron chi connectivity index (χ3n) is 2.65. The minimum absolute atomic E-state index is 0.0362. The van der Waals surface area contributed by atoms with Crippen LogP contribution in [0.2, 0.25) is 0 Å². The minimum atomic E-state index is -0.739. The Kier molecular flexibility index (Phi) is 5.13. The van der Waals surface area contributed by atoms with E-state index in [0.29, 0.717) is 10.5 Å². The van der Waals surface area contributed by atoms with Crippen LogP contribution in [-0.4, -0.2) is 26.5 Å². The molecular formula is C12H17NO4S. The molecule has 0 heterocycles. The average molecular weight is 271 g/mol. The van der Waals surface area contributed by atoms with E-state index in [1.807, 2.05) is 6.92 Å². The van der Waals surface area contributed by atoms with Gasteiger partial charge in [0.1, 0.15) is 0 Å². The maximum atomic E-state index is 11.0. The number of nitrogens with zero attached hydrogens (tertiary/aromatic N) is 1. The Balaban J connectivity index is 3.08. The van der Waals surface area contributed by atoms with E-state index in [9.17, 15) is 20.3 Å². The summed E-state index contributed by atoms with van der Waals surface area (Å²) >= 11 is 1.25. The van der Waals surface area contributed by atoms with Gasteiger partial charge in [0.05, 0.1) is 22.0 Å². The average Bonchev–Trinajstić information content (AvgIpc) is 2.28. The van der Waals surface area contributed by atoms with Crippen LogP contribution in [0.1, 0.15) is 32.4 Å². The number of rotatable bonds is 5. The van der Waals surface area contributed by atoms with Crippen LogP contribution >= 0.6 is 11.8 Å². The van der Waals surface area contributed by atoms with E-state index in [-0.39, 0.29) is 10.9 Å². The number of thioether (sulfide) groups is 1. The first kappa shape index (κ1) is 14.9. The largest absolute Gasteiger partial charge is 0.392 e. The van der Waals surface area contributed by atoms with Gasteiger partial charge in [0.25, 0.3) is 5.69 Å². The van der Waals surface area contributed by atoms with Crippen molar-refractivity contribution in [2.75, 3.05) is 0 Å². The first-order chi connectivity index (χ1) is 8.32. The highest BCUT2D eigenvalue weighted by molar-refractivity contribution is 8.00. The fraction of sp³-hybridized carbons (Fsp3) is 0.500. The van der Waals surface area contributed by atoms with Crippen molar-refractivity contribution < 1.29 is 15.1 Å². The van der Waals surface area contributed by atoms with Gasteiger partial charge >= 0.3 is 0 Å². The molecule has 0 aliphatic rings. The van der Waals surface area contributed by atoms with E-state index in [0.717, 1.165) is 0 Å². The number of hydrogen-bond acceptors (Lipinski definition) is 5. The van der Waals surface area contributed by atoms with Crippen LogP contribution < -0.4 is 0 Å². The molecular weight excluding hydrogens is 254 g/mol. The van der Waals surface area contributed by atoms with Crippen LogP contribution in [0.3, 0.4) is 0 Å². The zero-order chi connectivity index (χ0) is 13.9. The Morgan fingerprint density at radius 3 is 2.33 bits per heavy atom. The van der Waals surface area contributed by atoms with Crippen molar-refractivity contribution in [2.45, 2.75) is 43.1 Å². The van der Waals surface area contributed by atoms with Crippen molar-refractivity contribution >= 4 is 17.4 Å². The molecule has 3 unspecified atom stereocenters. The minimum Gasteiger partial charge on any atom is -0.392 e. The summed E-state index contributed by atoms with van der Waals surface area (Å²) in [5.41, 5.74) is 0.474. The topological polar surface area (TPSA) is 83.6 Å². The van der Waals surface area contributed by atoms with Crippen LogP contribution in [0.25, 0.3) is 0 Å². The quantitative estimate of drug-likeness (QED) is 0.488. The third kappa shape index (κ3) is 3.69. The Labute approximate surface area is 110 Å². The summed E-state index contributed by atoms with van der Waals surface area (Å²) < 4.78 is 0. The summed E-state index contributed by atoms with van der Waals surface area (Å²) in [4.78, 5) is 11.0. The molecule has 1 aromatic rings. The first-order valence-corrected chi connectivity index (χ1v) is 6.52. The van der Waals surface area contributed by atoms with Gasteiger partial charge in [-0.25, -0.2) is 0 Å². The van der Waals surface area contributed by atoms with Crippen LogP contribution in [0.4, 0.5) is 5.69 Å². The van der Waals surface area contributed by atoms with E-state index in [1.54, 1.807) is 26.0 Å². The van der Waals surface area contributed by atoms with E-state index in [4.69, 9.17) is 0 Å². The normalized spacial score (nSPS) is 16.1. The number of benzene rings is 1. The van der Waals surface area contributed by atoms with Gasteiger partial charge in [0.2, 0.25) is 0 Å². The number of nitro groups is 1. The van der Waals surface area contributed by atoms with Gasteiger partial charge < -0.3 is 10.2 Å². The molecule has 0 spiro atoms. The molecule has 0 saturated carbocycles. The van der Waals surface area contributed by atoms with Crippen molar-refractivity contribution in [2.24, 2.45) is 0 Å². The highest BCUT2D eigenvalue weighted by Crippen LogP contribution is 2.34. The Morgan fingerprint density at radius 1 is 1.28 bits per heavy atom. The van der Waals surface area contributed by atoms with Crippen LogP contribution in [0.5, 0.6) is 0 Å². The fourth-order valence-corrected chi connectivity index (χ4v) is 2.33. The molecule has 3 atom stereocenters. The predicted octanol–water partition coefficient (Wildman–Crippen LogP) is 2.51. The van der Waals surface area contributed by atoms with Crippen LogP contribution in [0.15, 0.2) is 23.1 Å². The molecule has 1 rings (SSSR count). The Morgan fingerprint density at radius 2 is 1.89 bits per heavy atom. The zero-order valence-corrected chi connectivity index (χ0v) is 11.3. The van der Waals surface area contributed by atoms with Gasteiger partial charge in [0.15, 0.2) is 0 Å². The lowest BCUT2D eigenvalue weighted by Gasteiger charge is -2.14. The summed E-state index contributed by atoms with van der Waals surface area (Å²) in [5, 5.41) is 29.7. The van der Waals surface area contributed by atoms with E-state index in [1.165, 1.54) is 17.8 Å². The summed E-state index contributed by atoms with van der Waals surface area (Å²) in [6.45, 7) is 5.01. The molecule has 18 heavy (non-hydrogen) atoms. The van der Waals surface area contributed by atoms with Gasteiger partial charge in [-0.1, -0.05) is 13.0 Å². The van der Waals surface area contributed by atoms with E-state index < -0.39 is 17.1 Å². The number of nitro benzene ring substituents is 1. The maximum absolute atomic E-state index is 11.0. The van der Waals surface area contributed by atoms with Crippen LogP contribution in [0, 0.1) is 10.1 Å². The standard InChI is InChI=1S/C12H17NO4S/c1-7(14)9(3)18-12-5-4-10(8(2)15)6-11(12)13(16)17/h4-9,14-15H,1-3H3. The number of aliphatic hydroxyl groups is 2. The summed E-state index contributed by atoms with van der Waals surface area (Å²) in [6, 6.07) is 4.65. The van der Waals surface area contributed by atoms with Gasteiger partial charge in [-0.05, 0) is 25.5 Å². The Hall–Kier alpha value is -1.11. The first-order valence-electron chi connectivity index (χ1n) is 5.64. The van der Waals surface area contributed by atoms with Gasteiger partial charge in [-0.3, -0.25) is 10.1 Å². The highest BCUT2D eigenvalue weighted by Gasteiger charge is 2.20. The second kappa shape index (κ2) is 6.17. The van der Waals surface area contributed by atoms with Crippen molar-refractivity contribution in [1.29, 1.82) is 0 Å². The molecule has 0 radical (unpaired) electrons. The van der Waals surface area contributed by atoms with E-state index >= 15 is 0 Å². The third-order valence-corrected chi connectivity index (χ3v) is 4.02. The molecule has 5 nitrogen and oxygen atoms in total. The number of aliphatic hydroxyl groups excluding tert-OH is 2. The SMILES string of the molecule is CC(O)c1ccc(SC(C)C(C)O)c([N+](=O)[O-])c1. The summed E-state index contributed by atoms with van der Waals surface area (Å²) in [6.07, 6.45) is -1.29. The highest BCUT2D eigenvalue weighted by atomic mass is 32.2. The molecule has 100 valence electrons. The second-order valence-electron chi connectivity index (χ2n) is 4.22. The lowest BCUT2D eigenvalue weighted by atomic mass is 10.1. The maximum Gasteiger partial charge on any atom is 0.283 e. The van der Waals surface area contributed by atoms with Gasteiger partial charge in [-0.2, -0.15) is 0 Å². The molecule has 0 saturated heterocycles. The summed E-state index contributed by atoms with van der Waals surface area (Å²) in [7, 11) is 0. The summed E-state index contributed by atoms with van der Waals surface area (Å²) in [5.74, 6) is 0.